The van der Waals surface area contributed by atoms with Crippen molar-refractivity contribution in [3.8, 4) is 0 Å². The normalized spacial score (nSPS) is 35.5. The summed E-state index contributed by atoms with van der Waals surface area (Å²) in [7, 11) is 0. The first-order chi connectivity index (χ1) is 13.3. The predicted molar refractivity (Wildman–Crippen MR) is 113 cm³/mol. The molecule has 1 aliphatic heterocycles. The van der Waals surface area contributed by atoms with Gasteiger partial charge in [0.15, 0.2) is 0 Å². The molecule has 4 nitrogen and oxygen atoms in total. The van der Waals surface area contributed by atoms with Crippen LogP contribution in [0.25, 0.3) is 0 Å². The summed E-state index contributed by atoms with van der Waals surface area (Å²) < 4.78 is 6.37. The molecule has 3 aliphatic rings. The Balaban J connectivity index is 1.63. The molecule has 4 heteroatoms. The molecular formula is C24H36N2O2. The van der Waals surface area contributed by atoms with Crippen LogP contribution in [0.3, 0.4) is 0 Å². The van der Waals surface area contributed by atoms with E-state index in [2.05, 4.69) is 62.2 Å². The lowest BCUT2D eigenvalue weighted by atomic mass is 9.59. The fraction of sp³-hybridized carbons (Fsp3) is 0.708. The summed E-state index contributed by atoms with van der Waals surface area (Å²) in [5.41, 5.74) is 2.92. The average molecular weight is 385 g/mol. The Morgan fingerprint density at radius 1 is 1.21 bits per heavy atom. The van der Waals surface area contributed by atoms with Crippen LogP contribution in [0.15, 0.2) is 24.3 Å². The van der Waals surface area contributed by atoms with Gasteiger partial charge in [-0.2, -0.15) is 0 Å². The number of nitrogens with one attached hydrogen (secondary N) is 1. The highest BCUT2D eigenvalue weighted by Gasteiger charge is 2.68. The van der Waals surface area contributed by atoms with Gasteiger partial charge in [-0.05, 0) is 73.5 Å². The van der Waals surface area contributed by atoms with Gasteiger partial charge in [0.2, 0.25) is 5.91 Å². The van der Waals surface area contributed by atoms with Crippen LogP contribution in [0.5, 0.6) is 0 Å². The molecule has 2 bridgehead atoms. The van der Waals surface area contributed by atoms with Crippen LogP contribution in [0, 0.1) is 22.7 Å². The van der Waals surface area contributed by atoms with E-state index in [1.165, 1.54) is 24.1 Å². The van der Waals surface area contributed by atoms with E-state index >= 15 is 0 Å². The van der Waals surface area contributed by atoms with Crippen molar-refractivity contribution in [3.63, 3.8) is 0 Å². The Bertz CT molecular complexity index is 725. The van der Waals surface area contributed by atoms with Crippen molar-refractivity contribution in [3.05, 3.63) is 29.8 Å². The lowest BCUT2D eigenvalue weighted by molar-refractivity contribution is -0.135. The molecule has 0 radical (unpaired) electrons. The molecule has 0 aromatic heterocycles. The predicted octanol–water partition coefficient (Wildman–Crippen LogP) is 4.55. The third kappa shape index (κ3) is 2.87. The van der Waals surface area contributed by atoms with E-state index in [1.807, 2.05) is 0 Å². The zero-order valence-corrected chi connectivity index (χ0v) is 18.1. The molecule has 1 aromatic carbocycles. The molecule has 3 fully saturated rings. The van der Waals surface area contributed by atoms with Crippen LogP contribution >= 0.6 is 0 Å². The topological polar surface area (TPSA) is 41.6 Å². The molecular weight excluding hydrogens is 348 g/mol. The molecule has 1 heterocycles. The minimum atomic E-state index is 0.102. The molecule has 1 aromatic rings. The van der Waals surface area contributed by atoms with Crippen LogP contribution in [-0.4, -0.2) is 31.6 Å². The van der Waals surface area contributed by atoms with Crippen molar-refractivity contribution in [1.82, 2.24) is 5.32 Å². The smallest absolute Gasteiger partial charge is 0.217 e. The maximum atomic E-state index is 12.0. The maximum Gasteiger partial charge on any atom is 0.217 e. The van der Waals surface area contributed by atoms with Gasteiger partial charge in [-0.25, -0.2) is 0 Å². The highest BCUT2D eigenvalue weighted by Crippen LogP contribution is 2.70. The molecule has 1 N–H and O–H groups in total. The van der Waals surface area contributed by atoms with Gasteiger partial charge >= 0.3 is 0 Å². The number of rotatable bonds is 5. The number of fused-ring (bicyclic) bond motifs is 1. The van der Waals surface area contributed by atoms with Crippen molar-refractivity contribution in [2.75, 3.05) is 24.6 Å². The summed E-state index contributed by atoms with van der Waals surface area (Å²) >= 11 is 0. The summed E-state index contributed by atoms with van der Waals surface area (Å²) in [4.78, 5) is 14.4. The Morgan fingerprint density at radius 2 is 1.89 bits per heavy atom. The van der Waals surface area contributed by atoms with E-state index in [0.717, 1.165) is 26.1 Å². The summed E-state index contributed by atoms with van der Waals surface area (Å²) in [5.74, 6) is 1.26. The number of carbonyl (C=O) groups is 1. The molecule has 1 saturated heterocycles. The number of carbonyl (C=O) groups excluding carboxylic acids is 1. The lowest BCUT2D eigenvalue weighted by Crippen LogP contribution is -2.58. The molecule has 2 saturated carbocycles. The first-order valence-corrected chi connectivity index (χ1v) is 11.1. The third-order valence-electron chi connectivity index (χ3n) is 8.20. The van der Waals surface area contributed by atoms with E-state index in [9.17, 15) is 4.79 Å². The molecule has 0 unspecified atom stereocenters. The molecule has 4 rings (SSSR count). The first kappa shape index (κ1) is 19.8. The SMILES string of the molecule is CCN(CC)c1ccc([C@H]2OCC[C@@]34C[C@@H](C[C@H]23)C(C)(C)[C@H]4NC(C)=O)cc1. The van der Waals surface area contributed by atoms with Crippen molar-refractivity contribution >= 4 is 11.6 Å². The maximum absolute atomic E-state index is 12.0. The number of nitrogens with zero attached hydrogens (tertiary/aromatic N) is 1. The minimum Gasteiger partial charge on any atom is -0.373 e. The van der Waals surface area contributed by atoms with Crippen LogP contribution in [0.1, 0.15) is 65.5 Å². The van der Waals surface area contributed by atoms with Gasteiger partial charge in [0.25, 0.3) is 0 Å². The number of benzene rings is 1. The molecule has 28 heavy (non-hydrogen) atoms. The van der Waals surface area contributed by atoms with Crippen LogP contribution < -0.4 is 10.2 Å². The molecule has 1 spiro atoms. The summed E-state index contributed by atoms with van der Waals surface area (Å²) in [5, 5.41) is 3.36. The Labute approximate surface area is 170 Å². The van der Waals surface area contributed by atoms with E-state index in [0.29, 0.717) is 11.8 Å². The number of ether oxygens (including phenoxy) is 1. The number of anilines is 1. The van der Waals surface area contributed by atoms with Crippen LogP contribution in [0.2, 0.25) is 0 Å². The lowest BCUT2D eigenvalue weighted by Gasteiger charge is -2.53. The Kier molecular flexibility index (Phi) is 4.97. The fourth-order valence-electron chi connectivity index (χ4n) is 6.78. The average Bonchev–Trinajstić information content (AvgIpc) is 3.16. The van der Waals surface area contributed by atoms with Gasteiger partial charge in [-0.1, -0.05) is 26.0 Å². The second-order valence-corrected chi connectivity index (χ2v) is 9.74. The summed E-state index contributed by atoms with van der Waals surface area (Å²) in [6, 6.07) is 9.27. The summed E-state index contributed by atoms with van der Waals surface area (Å²) in [6.07, 6.45) is 3.66. The van der Waals surface area contributed by atoms with E-state index in [-0.39, 0.29) is 28.9 Å². The molecule has 5 atom stereocenters. The second-order valence-electron chi connectivity index (χ2n) is 9.74. The van der Waals surface area contributed by atoms with Gasteiger partial charge in [0, 0.05) is 38.3 Å². The number of hydrogen-bond acceptors (Lipinski definition) is 3. The van der Waals surface area contributed by atoms with Crippen molar-refractivity contribution in [1.29, 1.82) is 0 Å². The second kappa shape index (κ2) is 7.05. The van der Waals surface area contributed by atoms with E-state index in [4.69, 9.17) is 4.74 Å². The van der Waals surface area contributed by atoms with Gasteiger partial charge in [0.05, 0.1) is 6.10 Å². The molecule has 154 valence electrons. The zero-order valence-electron chi connectivity index (χ0n) is 18.1. The Morgan fingerprint density at radius 3 is 2.50 bits per heavy atom. The minimum absolute atomic E-state index is 0.102. The molecule has 2 aliphatic carbocycles. The first-order valence-electron chi connectivity index (χ1n) is 11.1. The van der Waals surface area contributed by atoms with Gasteiger partial charge in [0.1, 0.15) is 0 Å². The van der Waals surface area contributed by atoms with Crippen LogP contribution in [-0.2, 0) is 9.53 Å². The largest absolute Gasteiger partial charge is 0.373 e. The number of amides is 1. The number of hydrogen-bond donors (Lipinski definition) is 1. The van der Waals surface area contributed by atoms with Gasteiger partial charge < -0.3 is 15.0 Å². The highest BCUT2D eigenvalue weighted by molar-refractivity contribution is 5.73. The zero-order chi connectivity index (χ0) is 20.1. The Hall–Kier alpha value is -1.55. The fourth-order valence-corrected chi connectivity index (χ4v) is 6.78. The highest BCUT2D eigenvalue weighted by atomic mass is 16.5. The molecule has 1 amide bonds. The van der Waals surface area contributed by atoms with E-state index in [1.54, 1.807) is 6.92 Å². The van der Waals surface area contributed by atoms with Crippen molar-refractivity contribution in [2.24, 2.45) is 22.7 Å². The van der Waals surface area contributed by atoms with E-state index < -0.39 is 0 Å². The van der Waals surface area contributed by atoms with Gasteiger partial charge in [-0.15, -0.1) is 0 Å². The quantitative estimate of drug-likeness (QED) is 0.810. The van der Waals surface area contributed by atoms with Gasteiger partial charge in [-0.3, -0.25) is 4.79 Å². The van der Waals surface area contributed by atoms with Crippen molar-refractivity contribution in [2.45, 2.75) is 66.0 Å². The monoisotopic (exact) mass is 384 g/mol. The van der Waals surface area contributed by atoms with Crippen LogP contribution in [0.4, 0.5) is 5.69 Å². The van der Waals surface area contributed by atoms with Crippen molar-refractivity contribution < 1.29 is 9.53 Å². The summed E-state index contributed by atoms with van der Waals surface area (Å²) in [6.45, 7) is 13.6. The third-order valence-corrected chi connectivity index (χ3v) is 8.20. The standard InChI is InChI=1S/C24H36N2O2/c1-6-26(7-2)19-10-8-17(9-11-19)21-20-14-18-15-24(20,12-13-28-21)22(23(18,4)5)25-16(3)27/h8-11,18,20-22H,6-7,12-15H2,1-5H3,(H,25,27)/t18-,20-,21-,22-,24-/m1/s1.